The highest BCUT2D eigenvalue weighted by Gasteiger charge is 2.24. The van der Waals surface area contributed by atoms with Crippen LogP contribution >= 0.6 is 15.9 Å². The van der Waals surface area contributed by atoms with Gasteiger partial charge in [-0.15, -0.1) is 5.10 Å². The lowest BCUT2D eigenvalue weighted by molar-refractivity contribution is -0.139. The molecule has 0 unspecified atom stereocenters. The van der Waals surface area contributed by atoms with Crippen molar-refractivity contribution in [3.05, 3.63) is 40.6 Å². The SMILES string of the molecule is O=C(Cc1ccc(Br)cc1)N1CCN(C(=O)Cn2cnnn2)CC1. The highest BCUT2D eigenvalue weighted by atomic mass is 79.9. The van der Waals surface area contributed by atoms with Gasteiger partial charge in [-0.1, -0.05) is 28.1 Å². The van der Waals surface area contributed by atoms with Gasteiger partial charge in [-0.25, -0.2) is 4.68 Å². The molecular weight excluding hydrogens is 376 g/mol. The third-order valence-electron chi connectivity index (χ3n) is 3.94. The van der Waals surface area contributed by atoms with Gasteiger partial charge >= 0.3 is 0 Å². The minimum atomic E-state index is -0.0395. The number of carbonyl (C=O) groups excluding carboxylic acids is 2. The minimum Gasteiger partial charge on any atom is -0.339 e. The van der Waals surface area contributed by atoms with Crippen molar-refractivity contribution in [1.29, 1.82) is 0 Å². The largest absolute Gasteiger partial charge is 0.339 e. The van der Waals surface area contributed by atoms with E-state index in [0.717, 1.165) is 10.0 Å². The molecule has 1 aliphatic rings. The fourth-order valence-electron chi connectivity index (χ4n) is 2.59. The molecule has 0 bridgehead atoms. The zero-order chi connectivity index (χ0) is 16.9. The van der Waals surface area contributed by atoms with Crippen molar-refractivity contribution in [2.24, 2.45) is 0 Å². The summed E-state index contributed by atoms with van der Waals surface area (Å²) in [5, 5.41) is 10.7. The fraction of sp³-hybridized carbons (Fsp3) is 0.400. The Hall–Kier alpha value is -2.29. The Kier molecular flexibility index (Phi) is 5.19. The molecule has 0 radical (unpaired) electrons. The standard InChI is InChI=1S/C15H17BrN6O2/c16-13-3-1-12(2-4-13)9-14(23)20-5-7-21(8-6-20)15(24)10-22-11-17-18-19-22/h1-4,11H,5-10H2. The molecule has 0 N–H and O–H groups in total. The van der Waals surface area contributed by atoms with Crippen LogP contribution in [0.25, 0.3) is 0 Å². The molecule has 0 aliphatic carbocycles. The van der Waals surface area contributed by atoms with E-state index in [4.69, 9.17) is 0 Å². The van der Waals surface area contributed by atoms with E-state index in [-0.39, 0.29) is 18.4 Å². The summed E-state index contributed by atoms with van der Waals surface area (Å²) < 4.78 is 2.39. The zero-order valence-corrected chi connectivity index (χ0v) is 14.6. The topological polar surface area (TPSA) is 84.2 Å². The zero-order valence-electron chi connectivity index (χ0n) is 13.0. The third-order valence-corrected chi connectivity index (χ3v) is 4.47. The van der Waals surface area contributed by atoms with Crippen molar-refractivity contribution < 1.29 is 9.59 Å². The van der Waals surface area contributed by atoms with Gasteiger partial charge in [0.05, 0.1) is 6.42 Å². The summed E-state index contributed by atoms with van der Waals surface area (Å²) in [5.74, 6) is 0.0483. The highest BCUT2D eigenvalue weighted by molar-refractivity contribution is 9.10. The summed E-state index contributed by atoms with van der Waals surface area (Å²) in [6, 6.07) is 7.73. The van der Waals surface area contributed by atoms with E-state index in [9.17, 15) is 9.59 Å². The first-order chi connectivity index (χ1) is 11.6. The van der Waals surface area contributed by atoms with Crippen LogP contribution in [0, 0.1) is 0 Å². The number of hydrogen-bond donors (Lipinski definition) is 0. The first-order valence-corrected chi connectivity index (χ1v) is 8.42. The normalized spacial score (nSPS) is 14.7. The molecule has 2 aromatic rings. The van der Waals surface area contributed by atoms with Crippen LogP contribution in [-0.2, 0) is 22.6 Å². The molecule has 0 spiro atoms. The van der Waals surface area contributed by atoms with E-state index in [1.165, 1.54) is 11.0 Å². The molecule has 0 saturated carbocycles. The Bertz CT molecular complexity index is 695. The molecule has 0 atom stereocenters. The molecule has 24 heavy (non-hydrogen) atoms. The van der Waals surface area contributed by atoms with E-state index < -0.39 is 0 Å². The van der Waals surface area contributed by atoms with Gasteiger partial charge < -0.3 is 9.80 Å². The maximum absolute atomic E-state index is 12.4. The second-order valence-corrected chi connectivity index (χ2v) is 6.49. The lowest BCUT2D eigenvalue weighted by Gasteiger charge is -2.34. The molecule has 1 saturated heterocycles. The molecule has 1 fully saturated rings. The summed E-state index contributed by atoms with van der Waals surface area (Å²) in [6.07, 6.45) is 1.79. The van der Waals surface area contributed by atoms with Crippen molar-refractivity contribution in [2.45, 2.75) is 13.0 Å². The van der Waals surface area contributed by atoms with Crippen LogP contribution < -0.4 is 0 Å². The molecule has 1 aromatic carbocycles. The van der Waals surface area contributed by atoms with E-state index >= 15 is 0 Å². The van der Waals surface area contributed by atoms with Gasteiger partial charge in [0.25, 0.3) is 0 Å². The van der Waals surface area contributed by atoms with Gasteiger partial charge in [0.1, 0.15) is 12.9 Å². The molecule has 8 nitrogen and oxygen atoms in total. The molecule has 1 aliphatic heterocycles. The number of nitrogens with zero attached hydrogens (tertiary/aromatic N) is 6. The average molecular weight is 393 g/mol. The maximum atomic E-state index is 12.4. The Labute approximate surface area is 147 Å². The van der Waals surface area contributed by atoms with E-state index in [1.54, 1.807) is 4.90 Å². The minimum absolute atomic E-state index is 0.0395. The summed E-state index contributed by atoms with van der Waals surface area (Å²) >= 11 is 3.38. The second-order valence-electron chi connectivity index (χ2n) is 5.57. The van der Waals surface area contributed by atoms with E-state index in [2.05, 4.69) is 31.5 Å². The van der Waals surface area contributed by atoms with Crippen molar-refractivity contribution in [1.82, 2.24) is 30.0 Å². The number of hydrogen-bond acceptors (Lipinski definition) is 5. The Morgan fingerprint density at radius 3 is 2.21 bits per heavy atom. The molecule has 126 valence electrons. The number of rotatable bonds is 4. The molecule has 2 heterocycles. The predicted octanol–water partition coefficient (Wildman–Crippen LogP) is 0.349. The van der Waals surface area contributed by atoms with Crippen molar-refractivity contribution in [2.75, 3.05) is 26.2 Å². The smallest absolute Gasteiger partial charge is 0.244 e. The summed E-state index contributed by atoms with van der Waals surface area (Å²) in [5.41, 5.74) is 0.986. The van der Waals surface area contributed by atoms with Gasteiger partial charge in [-0.3, -0.25) is 9.59 Å². The fourth-order valence-corrected chi connectivity index (χ4v) is 2.85. The number of carbonyl (C=O) groups is 2. The van der Waals surface area contributed by atoms with Crippen LogP contribution in [0.5, 0.6) is 0 Å². The Morgan fingerprint density at radius 1 is 1.00 bits per heavy atom. The maximum Gasteiger partial charge on any atom is 0.244 e. The quantitative estimate of drug-likeness (QED) is 0.749. The van der Waals surface area contributed by atoms with Gasteiger partial charge in [0.15, 0.2) is 0 Å². The molecule has 1 aromatic heterocycles. The second kappa shape index (κ2) is 7.52. The van der Waals surface area contributed by atoms with Crippen molar-refractivity contribution >= 4 is 27.7 Å². The predicted molar refractivity (Wildman–Crippen MR) is 88.8 cm³/mol. The van der Waals surface area contributed by atoms with Crippen LogP contribution in [0.2, 0.25) is 0 Å². The van der Waals surface area contributed by atoms with E-state index in [0.29, 0.717) is 32.6 Å². The Morgan fingerprint density at radius 2 is 1.62 bits per heavy atom. The molecule has 3 rings (SSSR count). The van der Waals surface area contributed by atoms with Crippen molar-refractivity contribution in [3.63, 3.8) is 0 Å². The van der Waals surface area contributed by atoms with Gasteiger partial charge in [-0.2, -0.15) is 0 Å². The molecule has 9 heteroatoms. The van der Waals surface area contributed by atoms with Gasteiger partial charge in [-0.05, 0) is 28.1 Å². The number of piperazine rings is 1. The summed E-state index contributed by atoms with van der Waals surface area (Å²) in [4.78, 5) is 28.1. The van der Waals surface area contributed by atoms with Gasteiger partial charge in [0, 0.05) is 30.7 Å². The van der Waals surface area contributed by atoms with Crippen molar-refractivity contribution in [3.8, 4) is 0 Å². The highest BCUT2D eigenvalue weighted by Crippen LogP contribution is 2.12. The average Bonchev–Trinajstić information content (AvgIpc) is 3.10. The first-order valence-electron chi connectivity index (χ1n) is 7.62. The number of amides is 2. The number of aromatic nitrogens is 4. The van der Waals surface area contributed by atoms with Crippen LogP contribution in [-0.4, -0.2) is 68.0 Å². The van der Waals surface area contributed by atoms with Crippen LogP contribution in [0.4, 0.5) is 0 Å². The van der Waals surface area contributed by atoms with E-state index in [1.807, 2.05) is 29.2 Å². The Balaban J connectivity index is 1.48. The van der Waals surface area contributed by atoms with Crippen LogP contribution in [0.15, 0.2) is 35.1 Å². The number of halogens is 1. The van der Waals surface area contributed by atoms with Crippen LogP contribution in [0.1, 0.15) is 5.56 Å². The first kappa shape index (κ1) is 16.6. The lowest BCUT2D eigenvalue weighted by Crippen LogP contribution is -2.51. The summed E-state index contributed by atoms with van der Waals surface area (Å²) in [7, 11) is 0. The van der Waals surface area contributed by atoms with Crippen LogP contribution in [0.3, 0.4) is 0 Å². The number of benzene rings is 1. The monoisotopic (exact) mass is 392 g/mol. The molecule has 2 amide bonds. The lowest BCUT2D eigenvalue weighted by atomic mass is 10.1. The number of tetrazole rings is 1. The third kappa shape index (κ3) is 4.16. The summed E-state index contributed by atoms with van der Waals surface area (Å²) in [6.45, 7) is 2.30. The van der Waals surface area contributed by atoms with Gasteiger partial charge in [0.2, 0.25) is 11.8 Å². The molecular formula is C15H17BrN6O2.